The Morgan fingerprint density at radius 3 is 2.58 bits per heavy atom. The van der Waals surface area contributed by atoms with Crippen molar-refractivity contribution in [2.75, 3.05) is 0 Å². The molecule has 0 saturated carbocycles. The molecule has 0 spiro atoms. The Balaban J connectivity index is 1.45. The molecule has 2 aromatic heterocycles. The van der Waals surface area contributed by atoms with Crippen LogP contribution in [0.1, 0.15) is 11.1 Å². The van der Waals surface area contributed by atoms with Crippen molar-refractivity contribution in [1.29, 1.82) is 0 Å². The average molecular weight is 341 g/mol. The van der Waals surface area contributed by atoms with E-state index >= 15 is 0 Å². The van der Waals surface area contributed by atoms with Gasteiger partial charge in [-0.1, -0.05) is 54.6 Å². The van der Waals surface area contributed by atoms with E-state index in [1.165, 1.54) is 23.0 Å². The molecule has 0 unspecified atom stereocenters. The Kier molecular flexibility index (Phi) is 4.80. The zero-order chi connectivity index (χ0) is 17.6. The van der Waals surface area contributed by atoms with Gasteiger partial charge in [0.1, 0.15) is 12.7 Å². The maximum Gasteiger partial charge on any atom is 0.159 e. The first-order chi connectivity index (χ1) is 12.9. The van der Waals surface area contributed by atoms with E-state index in [0.29, 0.717) is 6.54 Å². The molecule has 0 aliphatic heterocycles. The summed E-state index contributed by atoms with van der Waals surface area (Å²) >= 11 is 0. The Hall–Kier alpha value is -3.31. The number of nitrogens with one attached hydrogen (secondary N) is 1. The summed E-state index contributed by atoms with van der Waals surface area (Å²) in [6.45, 7) is 1.49. The van der Waals surface area contributed by atoms with Crippen molar-refractivity contribution in [3.63, 3.8) is 0 Å². The summed E-state index contributed by atoms with van der Waals surface area (Å²) in [7, 11) is 0. The van der Waals surface area contributed by atoms with Gasteiger partial charge in [0.15, 0.2) is 5.82 Å². The summed E-state index contributed by atoms with van der Waals surface area (Å²) < 4.78 is 1.69. The van der Waals surface area contributed by atoms with E-state index in [2.05, 4.69) is 75.0 Å². The van der Waals surface area contributed by atoms with Gasteiger partial charge in [-0.3, -0.25) is 0 Å². The van der Waals surface area contributed by atoms with Gasteiger partial charge in [0.2, 0.25) is 0 Å². The van der Waals surface area contributed by atoms with Crippen LogP contribution < -0.4 is 5.32 Å². The van der Waals surface area contributed by atoms with Crippen LogP contribution in [0.4, 0.5) is 0 Å². The topological polar surface area (TPSA) is 55.6 Å². The lowest BCUT2D eigenvalue weighted by molar-refractivity contribution is 0.681. The molecule has 0 amide bonds. The highest BCUT2D eigenvalue weighted by Crippen LogP contribution is 2.20. The minimum atomic E-state index is 0.707. The van der Waals surface area contributed by atoms with Gasteiger partial charge in [-0.2, -0.15) is 5.10 Å². The molecule has 2 aromatic carbocycles. The molecule has 2 heterocycles. The smallest absolute Gasteiger partial charge is 0.159 e. The van der Waals surface area contributed by atoms with Crippen LogP contribution in [0.25, 0.3) is 16.9 Å². The molecule has 0 bridgehead atoms. The fraction of sp³-hybridized carbons (Fsp3) is 0.0952. The molecule has 1 N–H and O–H groups in total. The average Bonchev–Trinajstić information content (AvgIpc) is 3.24. The highest BCUT2D eigenvalue weighted by molar-refractivity contribution is 5.63. The second-order valence-corrected chi connectivity index (χ2v) is 6.00. The first-order valence-electron chi connectivity index (χ1n) is 8.54. The molecule has 0 atom stereocenters. The van der Waals surface area contributed by atoms with Crippen LogP contribution in [-0.2, 0) is 13.1 Å². The predicted octanol–water partition coefficient (Wildman–Crippen LogP) is 3.62. The Labute approximate surface area is 152 Å². The van der Waals surface area contributed by atoms with Gasteiger partial charge in [-0.15, -0.1) is 0 Å². The number of nitrogens with zero attached hydrogens (tertiary/aromatic N) is 4. The maximum atomic E-state index is 4.42. The number of benzene rings is 2. The van der Waals surface area contributed by atoms with E-state index < -0.39 is 0 Å². The third-order valence-electron chi connectivity index (χ3n) is 4.18. The van der Waals surface area contributed by atoms with Crippen LogP contribution in [0.5, 0.6) is 0 Å². The lowest BCUT2D eigenvalue weighted by atomic mass is 10.0. The third kappa shape index (κ3) is 3.68. The van der Waals surface area contributed by atoms with Crippen molar-refractivity contribution in [3.05, 3.63) is 96.7 Å². The van der Waals surface area contributed by atoms with E-state index in [-0.39, 0.29) is 0 Å². The number of hydrogen-bond acceptors (Lipinski definition) is 4. The normalized spacial score (nSPS) is 10.8. The summed E-state index contributed by atoms with van der Waals surface area (Å²) in [5.41, 5.74) is 4.79. The van der Waals surface area contributed by atoms with Gasteiger partial charge in [0.05, 0.1) is 0 Å². The van der Waals surface area contributed by atoms with E-state index in [9.17, 15) is 0 Å². The molecule has 128 valence electrons. The highest BCUT2D eigenvalue weighted by Gasteiger charge is 2.06. The van der Waals surface area contributed by atoms with Crippen LogP contribution in [0.15, 0.2) is 85.6 Å². The van der Waals surface area contributed by atoms with Crippen molar-refractivity contribution in [1.82, 2.24) is 25.1 Å². The summed E-state index contributed by atoms with van der Waals surface area (Å²) in [5.74, 6) is 0.801. The van der Waals surface area contributed by atoms with Crippen LogP contribution in [0.3, 0.4) is 0 Å². The molecule has 0 aliphatic rings. The quantitative estimate of drug-likeness (QED) is 0.582. The van der Waals surface area contributed by atoms with Crippen molar-refractivity contribution >= 4 is 0 Å². The van der Waals surface area contributed by atoms with Crippen LogP contribution in [-0.4, -0.2) is 19.7 Å². The van der Waals surface area contributed by atoms with Gasteiger partial charge in [-0.05, 0) is 28.8 Å². The van der Waals surface area contributed by atoms with Gasteiger partial charge >= 0.3 is 0 Å². The van der Waals surface area contributed by atoms with Crippen LogP contribution in [0.2, 0.25) is 0 Å². The standard InChI is InChI=1S/C21H19N5/c1-2-7-18(8-3-1)19-9-4-6-17(12-19)13-22-14-20-10-5-11-24-21(20)26-16-23-15-25-26/h1-12,15-16,22H,13-14H2. The first-order valence-corrected chi connectivity index (χ1v) is 8.54. The summed E-state index contributed by atoms with van der Waals surface area (Å²) in [6.07, 6.45) is 4.94. The molecule has 5 heteroatoms. The van der Waals surface area contributed by atoms with Crippen molar-refractivity contribution in [2.24, 2.45) is 0 Å². The number of hydrogen-bond donors (Lipinski definition) is 1. The van der Waals surface area contributed by atoms with Gasteiger partial charge in [0.25, 0.3) is 0 Å². The second-order valence-electron chi connectivity index (χ2n) is 6.00. The highest BCUT2D eigenvalue weighted by atomic mass is 15.3. The molecule has 5 nitrogen and oxygen atoms in total. The van der Waals surface area contributed by atoms with Crippen molar-refractivity contribution < 1.29 is 0 Å². The van der Waals surface area contributed by atoms with Gasteiger partial charge < -0.3 is 5.32 Å². The van der Waals surface area contributed by atoms with Crippen LogP contribution >= 0.6 is 0 Å². The molecule has 4 rings (SSSR count). The molecular formula is C21H19N5. The van der Waals surface area contributed by atoms with E-state index in [4.69, 9.17) is 0 Å². The predicted molar refractivity (Wildman–Crippen MR) is 102 cm³/mol. The van der Waals surface area contributed by atoms with Crippen LogP contribution in [0, 0.1) is 0 Å². The Bertz CT molecular complexity index is 965. The largest absolute Gasteiger partial charge is 0.308 e. The number of aromatic nitrogens is 4. The number of rotatable bonds is 6. The number of pyridine rings is 1. The zero-order valence-electron chi connectivity index (χ0n) is 14.3. The summed E-state index contributed by atoms with van der Waals surface area (Å²) in [6, 6.07) is 23.0. The molecular weight excluding hydrogens is 322 g/mol. The fourth-order valence-electron chi connectivity index (χ4n) is 2.93. The molecule has 26 heavy (non-hydrogen) atoms. The molecule has 0 radical (unpaired) electrons. The SMILES string of the molecule is c1ccc(-c2cccc(CNCc3cccnc3-n3cncn3)c2)cc1. The Morgan fingerprint density at radius 1 is 0.846 bits per heavy atom. The van der Waals surface area contributed by atoms with E-state index in [1.54, 1.807) is 17.2 Å². The minimum absolute atomic E-state index is 0.707. The minimum Gasteiger partial charge on any atom is -0.308 e. The monoisotopic (exact) mass is 341 g/mol. The summed E-state index contributed by atoms with van der Waals surface area (Å²) in [5, 5.41) is 7.67. The molecule has 0 aliphatic carbocycles. The van der Waals surface area contributed by atoms with Gasteiger partial charge in [-0.25, -0.2) is 14.6 Å². The third-order valence-corrected chi connectivity index (χ3v) is 4.18. The fourth-order valence-corrected chi connectivity index (χ4v) is 2.93. The maximum absolute atomic E-state index is 4.42. The van der Waals surface area contributed by atoms with E-state index in [0.717, 1.165) is 17.9 Å². The van der Waals surface area contributed by atoms with E-state index in [1.807, 2.05) is 12.1 Å². The zero-order valence-corrected chi connectivity index (χ0v) is 14.3. The molecule has 0 saturated heterocycles. The summed E-state index contributed by atoms with van der Waals surface area (Å²) in [4.78, 5) is 8.42. The van der Waals surface area contributed by atoms with Gasteiger partial charge in [0, 0.05) is 24.8 Å². The lowest BCUT2D eigenvalue weighted by Gasteiger charge is -2.10. The van der Waals surface area contributed by atoms with Crippen molar-refractivity contribution in [3.8, 4) is 16.9 Å². The molecule has 4 aromatic rings. The molecule has 0 fully saturated rings. The second kappa shape index (κ2) is 7.72. The first kappa shape index (κ1) is 16.2. The Morgan fingerprint density at radius 2 is 1.73 bits per heavy atom. The lowest BCUT2D eigenvalue weighted by Crippen LogP contribution is -2.15. The van der Waals surface area contributed by atoms with Crippen molar-refractivity contribution in [2.45, 2.75) is 13.1 Å².